The van der Waals surface area contributed by atoms with Crippen molar-refractivity contribution in [1.82, 2.24) is 4.98 Å². The Hall–Kier alpha value is -1.47. The smallest absolute Gasteiger partial charge is 0.341 e. The molecule has 0 aliphatic rings. The number of nitrogens with one attached hydrogen (secondary N) is 1. The zero-order valence-corrected chi connectivity index (χ0v) is 13.7. The standard InChI is InChI=1S/C12H15NO8P2/c1-21-12(14)7-2-3-10-9(4-7)8(6-13-10)5-11(22(15,16)17)23(18,19)20/h2-4,6,11,13H,5H2,1H3,(H2,15,16,17)(H2,18,19,20). The first-order valence-corrected chi connectivity index (χ1v) is 9.69. The van der Waals surface area contributed by atoms with Gasteiger partial charge in [0, 0.05) is 23.5 Å². The molecule has 0 fully saturated rings. The highest BCUT2D eigenvalue weighted by atomic mass is 31.2. The first-order chi connectivity index (χ1) is 10.5. The van der Waals surface area contributed by atoms with Crippen molar-refractivity contribution in [2.75, 3.05) is 7.11 Å². The summed E-state index contributed by atoms with van der Waals surface area (Å²) in [6, 6.07) is 4.50. The number of aromatic amines is 1. The first-order valence-electron chi connectivity index (χ1n) is 6.33. The first kappa shape index (κ1) is 17.9. The van der Waals surface area contributed by atoms with Gasteiger partial charge in [-0.3, -0.25) is 9.13 Å². The van der Waals surface area contributed by atoms with Crippen LogP contribution in [0.5, 0.6) is 0 Å². The van der Waals surface area contributed by atoms with Gasteiger partial charge in [0.15, 0.2) is 5.40 Å². The molecule has 1 heterocycles. The minimum absolute atomic E-state index is 0.213. The van der Waals surface area contributed by atoms with Gasteiger partial charge in [-0.15, -0.1) is 0 Å². The Morgan fingerprint density at radius 2 is 1.83 bits per heavy atom. The van der Waals surface area contributed by atoms with E-state index in [0.717, 1.165) is 0 Å². The molecule has 1 aromatic heterocycles. The summed E-state index contributed by atoms with van der Waals surface area (Å²) >= 11 is 0. The van der Waals surface area contributed by atoms with E-state index in [1.165, 1.54) is 25.4 Å². The van der Waals surface area contributed by atoms with Crippen LogP contribution in [0.2, 0.25) is 0 Å². The summed E-state index contributed by atoms with van der Waals surface area (Å²) in [6.45, 7) is 0. The van der Waals surface area contributed by atoms with E-state index in [1.807, 2.05) is 0 Å². The molecule has 0 bridgehead atoms. The predicted octanol–water partition coefficient (Wildman–Crippen LogP) is 1.18. The summed E-state index contributed by atoms with van der Waals surface area (Å²) in [7, 11) is -8.83. The minimum atomic E-state index is -5.02. The second-order valence-electron chi connectivity index (χ2n) is 4.93. The number of ether oxygens (including phenoxy) is 1. The highest BCUT2D eigenvalue weighted by Gasteiger charge is 2.43. The molecular weight excluding hydrogens is 348 g/mol. The third-order valence-corrected chi connectivity index (χ3v) is 7.09. The van der Waals surface area contributed by atoms with Crippen LogP contribution in [0.4, 0.5) is 0 Å². The van der Waals surface area contributed by atoms with E-state index in [9.17, 15) is 33.5 Å². The summed E-state index contributed by atoms with van der Waals surface area (Å²) in [5.74, 6) is -0.597. The van der Waals surface area contributed by atoms with Crippen molar-refractivity contribution >= 4 is 32.1 Å². The zero-order valence-electron chi connectivity index (χ0n) is 11.9. The van der Waals surface area contributed by atoms with Gasteiger partial charge in [-0.05, 0) is 23.8 Å². The average molecular weight is 363 g/mol. The number of esters is 1. The van der Waals surface area contributed by atoms with Crippen molar-refractivity contribution in [3.8, 4) is 0 Å². The molecule has 23 heavy (non-hydrogen) atoms. The number of carbonyl (C=O) groups excluding carboxylic acids is 1. The highest BCUT2D eigenvalue weighted by Crippen LogP contribution is 2.61. The molecule has 0 radical (unpaired) electrons. The lowest BCUT2D eigenvalue weighted by molar-refractivity contribution is 0.0601. The Bertz CT molecular complexity index is 811. The summed E-state index contributed by atoms with van der Waals surface area (Å²) in [4.78, 5) is 51.2. The maximum atomic E-state index is 11.5. The van der Waals surface area contributed by atoms with Crippen molar-refractivity contribution in [3.63, 3.8) is 0 Å². The summed E-state index contributed by atoms with van der Waals surface area (Å²) < 4.78 is 27.4. The molecular formula is C12H15NO8P2. The van der Waals surface area contributed by atoms with Gasteiger partial charge in [0.2, 0.25) is 0 Å². The average Bonchev–Trinajstić information content (AvgIpc) is 2.83. The predicted molar refractivity (Wildman–Crippen MR) is 81.2 cm³/mol. The fourth-order valence-corrected chi connectivity index (χ4v) is 4.66. The van der Waals surface area contributed by atoms with Gasteiger partial charge in [-0.25, -0.2) is 4.79 Å². The quantitative estimate of drug-likeness (QED) is 0.391. The topological polar surface area (TPSA) is 157 Å². The highest BCUT2D eigenvalue weighted by molar-refractivity contribution is 7.70. The Balaban J connectivity index is 2.49. The SMILES string of the molecule is COC(=O)c1ccc2[nH]cc(CC(P(=O)(O)O)P(=O)(O)O)c2c1. The van der Waals surface area contributed by atoms with Crippen molar-refractivity contribution in [2.45, 2.75) is 11.8 Å². The van der Waals surface area contributed by atoms with Gasteiger partial charge in [0.05, 0.1) is 12.7 Å². The van der Waals surface area contributed by atoms with Crippen molar-refractivity contribution in [2.24, 2.45) is 0 Å². The molecule has 0 amide bonds. The minimum Gasteiger partial charge on any atom is -0.465 e. The molecule has 1 aromatic carbocycles. The molecule has 0 atom stereocenters. The molecule has 2 aromatic rings. The monoisotopic (exact) mass is 363 g/mol. The van der Waals surface area contributed by atoms with Gasteiger partial charge in [0.1, 0.15) is 0 Å². The van der Waals surface area contributed by atoms with Crippen molar-refractivity contribution < 1.29 is 38.2 Å². The van der Waals surface area contributed by atoms with E-state index < -0.39 is 33.0 Å². The Kier molecular flexibility index (Phi) is 4.82. The third-order valence-electron chi connectivity index (χ3n) is 3.37. The van der Waals surface area contributed by atoms with Crippen LogP contribution in [0.3, 0.4) is 0 Å². The van der Waals surface area contributed by atoms with Gasteiger partial charge in [-0.2, -0.15) is 0 Å². The van der Waals surface area contributed by atoms with E-state index in [2.05, 4.69) is 9.72 Å². The number of hydrogen-bond acceptors (Lipinski definition) is 4. The summed E-state index contributed by atoms with van der Waals surface area (Å²) in [6.07, 6.45) is 0.850. The second kappa shape index (κ2) is 6.20. The molecule has 0 saturated heterocycles. The van der Waals surface area contributed by atoms with Crippen molar-refractivity contribution in [1.29, 1.82) is 0 Å². The van der Waals surface area contributed by atoms with Crippen LogP contribution in [-0.4, -0.2) is 43.0 Å². The van der Waals surface area contributed by atoms with Gasteiger partial charge < -0.3 is 29.3 Å². The van der Waals surface area contributed by atoms with Crippen molar-refractivity contribution in [3.05, 3.63) is 35.5 Å². The maximum Gasteiger partial charge on any atom is 0.341 e. The van der Waals surface area contributed by atoms with Crippen LogP contribution < -0.4 is 0 Å². The zero-order chi connectivity index (χ0) is 17.4. The molecule has 0 spiro atoms. The molecule has 2 rings (SSSR count). The Morgan fingerprint density at radius 1 is 1.22 bits per heavy atom. The van der Waals surface area contributed by atoms with Crippen LogP contribution in [-0.2, 0) is 20.3 Å². The second-order valence-corrected chi connectivity index (χ2v) is 8.94. The number of aromatic nitrogens is 1. The van der Waals surface area contributed by atoms with Crippen LogP contribution in [0.25, 0.3) is 10.9 Å². The molecule has 0 saturated carbocycles. The number of rotatable bonds is 5. The van der Waals surface area contributed by atoms with Gasteiger partial charge >= 0.3 is 21.2 Å². The lowest BCUT2D eigenvalue weighted by Crippen LogP contribution is -2.12. The normalized spacial score (nSPS) is 12.8. The molecule has 126 valence electrons. The number of benzene rings is 1. The number of methoxy groups -OCH3 is 1. The molecule has 0 aliphatic carbocycles. The largest absolute Gasteiger partial charge is 0.465 e. The van der Waals surface area contributed by atoms with E-state index in [0.29, 0.717) is 10.9 Å². The fourth-order valence-electron chi connectivity index (χ4n) is 2.22. The van der Waals surface area contributed by atoms with Crippen LogP contribution in [0, 0.1) is 0 Å². The third kappa shape index (κ3) is 3.90. The molecule has 0 aliphatic heterocycles. The fraction of sp³-hybridized carbons (Fsp3) is 0.250. The lowest BCUT2D eigenvalue weighted by atomic mass is 10.1. The maximum absolute atomic E-state index is 11.5. The van der Waals surface area contributed by atoms with Crippen LogP contribution in [0.1, 0.15) is 15.9 Å². The Labute approximate surface area is 130 Å². The molecule has 0 unspecified atom stereocenters. The van der Waals surface area contributed by atoms with E-state index in [1.54, 1.807) is 6.07 Å². The Morgan fingerprint density at radius 3 is 2.35 bits per heavy atom. The number of fused-ring (bicyclic) bond motifs is 1. The molecule has 11 heteroatoms. The lowest BCUT2D eigenvalue weighted by Gasteiger charge is -2.19. The number of H-pyrrole nitrogens is 1. The van der Waals surface area contributed by atoms with E-state index in [-0.39, 0.29) is 11.1 Å². The number of carbonyl (C=O) groups is 1. The molecule has 9 nitrogen and oxygen atoms in total. The number of hydrogen-bond donors (Lipinski definition) is 5. The molecule has 5 N–H and O–H groups in total. The van der Waals surface area contributed by atoms with Gasteiger partial charge in [0.25, 0.3) is 0 Å². The van der Waals surface area contributed by atoms with Crippen LogP contribution >= 0.6 is 15.2 Å². The van der Waals surface area contributed by atoms with E-state index in [4.69, 9.17) is 0 Å². The van der Waals surface area contributed by atoms with Gasteiger partial charge in [-0.1, -0.05) is 0 Å². The van der Waals surface area contributed by atoms with E-state index >= 15 is 0 Å². The summed E-state index contributed by atoms with van der Waals surface area (Å²) in [5, 5.41) is -1.71. The summed E-state index contributed by atoms with van der Waals surface area (Å²) in [5.41, 5.74) is 1.05. The van der Waals surface area contributed by atoms with Crippen LogP contribution in [0.15, 0.2) is 24.4 Å².